The molecule has 0 saturated heterocycles. The lowest BCUT2D eigenvalue weighted by molar-refractivity contribution is -0.129. The summed E-state index contributed by atoms with van der Waals surface area (Å²) in [5.41, 5.74) is 0. The predicted octanol–water partition coefficient (Wildman–Crippen LogP) is -0.453. The fourth-order valence-corrected chi connectivity index (χ4v) is 1.80. The molecule has 0 radical (unpaired) electrons. The van der Waals surface area contributed by atoms with Crippen LogP contribution in [0.3, 0.4) is 0 Å². The van der Waals surface area contributed by atoms with Crippen molar-refractivity contribution in [2.24, 2.45) is 0 Å². The van der Waals surface area contributed by atoms with E-state index in [1.165, 1.54) is 6.92 Å². The van der Waals surface area contributed by atoms with E-state index in [4.69, 9.17) is 0 Å². The molecule has 1 saturated carbocycles. The van der Waals surface area contributed by atoms with Gasteiger partial charge in [0.05, 0.1) is 6.26 Å². The van der Waals surface area contributed by atoms with Crippen LogP contribution in [-0.4, -0.2) is 44.6 Å². The molecule has 0 unspecified atom stereocenters. The zero-order valence-electron chi connectivity index (χ0n) is 8.49. The predicted molar refractivity (Wildman–Crippen MR) is 53.3 cm³/mol. The van der Waals surface area contributed by atoms with Crippen LogP contribution in [0.1, 0.15) is 19.8 Å². The van der Waals surface area contributed by atoms with Crippen molar-refractivity contribution in [3.05, 3.63) is 0 Å². The molecule has 0 heterocycles. The van der Waals surface area contributed by atoms with Crippen LogP contribution in [0.15, 0.2) is 0 Å². The molecule has 1 rings (SSSR count). The first-order chi connectivity index (χ1) is 6.40. The second-order valence-electron chi connectivity index (χ2n) is 3.61. The standard InChI is InChI=1S/C8H16N2O3S/c1-7(11)10(8-3-4-8)6-5-9-14(2,12)13/h8-9H,3-6H2,1-2H3. The van der Waals surface area contributed by atoms with E-state index >= 15 is 0 Å². The number of hydrogen-bond acceptors (Lipinski definition) is 3. The van der Waals surface area contributed by atoms with Crippen molar-refractivity contribution in [1.82, 2.24) is 9.62 Å². The van der Waals surface area contributed by atoms with Crippen molar-refractivity contribution >= 4 is 15.9 Å². The average Bonchev–Trinajstić information content (AvgIpc) is 2.77. The van der Waals surface area contributed by atoms with E-state index in [2.05, 4.69) is 4.72 Å². The van der Waals surface area contributed by atoms with Crippen LogP contribution >= 0.6 is 0 Å². The minimum atomic E-state index is -3.14. The van der Waals surface area contributed by atoms with Crippen molar-refractivity contribution in [3.63, 3.8) is 0 Å². The van der Waals surface area contributed by atoms with E-state index in [-0.39, 0.29) is 5.91 Å². The summed E-state index contributed by atoms with van der Waals surface area (Å²) in [6.45, 7) is 2.28. The van der Waals surface area contributed by atoms with E-state index in [0.717, 1.165) is 19.1 Å². The summed E-state index contributed by atoms with van der Waals surface area (Å²) in [4.78, 5) is 12.9. The van der Waals surface area contributed by atoms with Gasteiger partial charge in [-0.15, -0.1) is 0 Å². The Morgan fingerprint density at radius 3 is 2.43 bits per heavy atom. The van der Waals surface area contributed by atoms with E-state index < -0.39 is 10.0 Å². The van der Waals surface area contributed by atoms with Crippen molar-refractivity contribution in [2.45, 2.75) is 25.8 Å². The first kappa shape index (κ1) is 11.5. The molecule has 82 valence electrons. The first-order valence-corrected chi connectivity index (χ1v) is 6.51. The molecule has 1 aliphatic carbocycles. The van der Waals surface area contributed by atoms with Gasteiger partial charge in [-0.3, -0.25) is 4.79 Å². The van der Waals surface area contributed by atoms with Crippen LogP contribution in [0.25, 0.3) is 0 Å². The van der Waals surface area contributed by atoms with Gasteiger partial charge in [-0.25, -0.2) is 13.1 Å². The third kappa shape index (κ3) is 4.06. The normalized spacial score (nSPS) is 16.7. The van der Waals surface area contributed by atoms with Gasteiger partial charge < -0.3 is 4.90 Å². The Bertz CT molecular complexity index is 309. The number of nitrogens with one attached hydrogen (secondary N) is 1. The molecule has 0 atom stereocenters. The molecule has 0 spiro atoms. The SMILES string of the molecule is CC(=O)N(CCNS(C)(=O)=O)C1CC1. The summed E-state index contributed by atoms with van der Waals surface area (Å²) in [5.74, 6) is 0.0165. The Labute approximate surface area is 84.5 Å². The molecule has 1 aliphatic rings. The van der Waals surface area contributed by atoms with Gasteiger partial charge >= 0.3 is 0 Å². The molecule has 0 bridgehead atoms. The second kappa shape index (κ2) is 4.27. The minimum Gasteiger partial charge on any atom is -0.339 e. The Hall–Kier alpha value is -0.620. The highest BCUT2D eigenvalue weighted by Gasteiger charge is 2.30. The number of carbonyl (C=O) groups excluding carboxylic acids is 1. The topological polar surface area (TPSA) is 66.5 Å². The van der Waals surface area contributed by atoms with Crippen LogP contribution in [0, 0.1) is 0 Å². The molecule has 1 N–H and O–H groups in total. The Morgan fingerprint density at radius 1 is 1.50 bits per heavy atom. The highest BCUT2D eigenvalue weighted by atomic mass is 32.2. The van der Waals surface area contributed by atoms with Crippen molar-refractivity contribution in [3.8, 4) is 0 Å². The monoisotopic (exact) mass is 220 g/mol. The summed E-state index contributed by atoms with van der Waals surface area (Å²) in [7, 11) is -3.14. The maximum Gasteiger partial charge on any atom is 0.219 e. The smallest absolute Gasteiger partial charge is 0.219 e. The maximum atomic E-state index is 11.1. The van der Waals surface area contributed by atoms with E-state index in [0.29, 0.717) is 19.1 Å². The van der Waals surface area contributed by atoms with Gasteiger partial charge in [0.25, 0.3) is 0 Å². The quantitative estimate of drug-likeness (QED) is 0.682. The van der Waals surface area contributed by atoms with E-state index in [1.807, 2.05) is 0 Å². The third-order valence-corrected chi connectivity index (χ3v) is 2.84. The largest absolute Gasteiger partial charge is 0.339 e. The van der Waals surface area contributed by atoms with Gasteiger partial charge in [-0.2, -0.15) is 0 Å². The molecule has 0 aromatic rings. The molecule has 1 fully saturated rings. The van der Waals surface area contributed by atoms with E-state index in [9.17, 15) is 13.2 Å². The summed E-state index contributed by atoms with van der Waals surface area (Å²) in [6, 6.07) is 0.342. The van der Waals surface area contributed by atoms with E-state index in [1.54, 1.807) is 4.90 Å². The van der Waals surface area contributed by atoms with Crippen LogP contribution in [0.4, 0.5) is 0 Å². The van der Waals surface area contributed by atoms with Crippen LogP contribution in [0.5, 0.6) is 0 Å². The van der Waals surface area contributed by atoms with Gasteiger partial charge in [0.15, 0.2) is 0 Å². The van der Waals surface area contributed by atoms with Gasteiger partial charge in [0.2, 0.25) is 15.9 Å². The van der Waals surface area contributed by atoms with Crippen molar-refractivity contribution in [2.75, 3.05) is 19.3 Å². The third-order valence-electron chi connectivity index (χ3n) is 2.11. The molecule has 6 heteroatoms. The van der Waals surface area contributed by atoms with Crippen LogP contribution in [0.2, 0.25) is 0 Å². The molecular formula is C8H16N2O3S. The zero-order valence-corrected chi connectivity index (χ0v) is 9.30. The average molecular weight is 220 g/mol. The molecular weight excluding hydrogens is 204 g/mol. The molecule has 1 amide bonds. The second-order valence-corrected chi connectivity index (χ2v) is 5.44. The number of nitrogens with zero attached hydrogens (tertiary/aromatic N) is 1. The summed E-state index contributed by atoms with van der Waals surface area (Å²) in [6.07, 6.45) is 3.19. The number of carbonyl (C=O) groups is 1. The summed E-state index contributed by atoms with van der Waals surface area (Å²) in [5, 5.41) is 0. The number of sulfonamides is 1. The number of amides is 1. The molecule has 0 aromatic heterocycles. The lowest BCUT2D eigenvalue weighted by Crippen LogP contribution is -2.38. The van der Waals surface area contributed by atoms with Crippen LogP contribution in [-0.2, 0) is 14.8 Å². The summed E-state index contributed by atoms with van der Waals surface area (Å²) >= 11 is 0. The number of rotatable bonds is 5. The maximum absolute atomic E-state index is 11.1. The van der Waals surface area contributed by atoms with Gasteiger partial charge in [0, 0.05) is 26.1 Å². The molecule has 5 nitrogen and oxygen atoms in total. The lowest BCUT2D eigenvalue weighted by Gasteiger charge is -2.20. The minimum absolute atomic E-state index is 0.0165. The van der Waals surface area contributed by atoms with Crippen LogP contribution < -0.4 is 4.72 Å². The number of hydrogen-bond donors (Lipinski definition) is 1. The Kier molecular flexibility index (Phi) is 3.49. The van der Waals surface area contributed by atoms with Crippen molar-refractivity contribution < 1.29 is 13.2 Å². The van der Waals surface area contributed by atoms with Gasteiger partial charge in [-0.1, -0.05) is 0 Å². The first-order valence-electron chi connectivity index (χ1n) is 4.62. The molecule has 14 heavy (non-hydrogen) atoms. The van der Waals surface area contributed by atoms with Gasteiger partial charge in [-0.05, 0) is 12.8 Å². The zero-order chi connectivity index (χ0) is 10.8. The molecule has 0 aromatic carbocycles. The Morgan fingerprint density at radius 2 is 2.07 bits per heavy atom. The fourth-order valence-electron chi connectivity index (χ4n) is 1.33. The lowest BCUT2D eigenvalue weighted by atomic mass is 10.4. The summed E-state index contributed by atoms with van der Waals surface area (Å²) < 4.78 is 23.9. The highest BCUT2D eigenvalue weighted by Crippen LogP contribution is 2.26. The van der Waals surface area contributed by atoms with Crippen molar-refractivity contribution in [1.29, 1.82) is 0 Å². The fraction of sp³-hybridized carbons (Fsp3) is 0.875. The van der Waals surface area contributed by atoms with Gasteiger partial charge in [0.1, 0.15) is 0 Å². The highest BCUT2D eigenvalue weighted by molar-refractivity contribution is 7.88. The molecule has 0 aliphatic heterocycles. The Balaban J connectivity index is 2.31.